The number of morpholine rings is 1. The van der Waals surface area contributed by atoms with E-state index in [1.807, 2.05) is 21.6 Å². The summed E-state index contributed by atoms with van der Waals surface area (Å²) in [7, 11) is -1.15. The fourth-order valence-electron chi connectivity index (χ4n) is 4.40. The van der Waals surface area contributed by atoms with Crippen LogP contribution in [0.3, 0.4) is 0 Å². The maximum absolute atomic E-state index is 9.93. The molecule has 2 aliphatic rings. The molecule has 2 aliphatic heterocycles. The van der Waals surface area contributed by atoms with Crippen molar-refractivity contribution in [3.8, 4) is 5.82 Å². The van der Waals surface area contributed by atoms with Crippen LogP contribution in [0.5, 0.6) is 0 Å². The zero-order valence-corrected chi connectivity index (χ0v) is 21.5. The fraction of sp³-hybridized carbons (Fsp3) is 0.609. The molecule has 0 bridgehead atoms. The van der Waals surface area contributed by atoms with Gasteiger partial charge in [-0.15, -0.1) is 0 Å². The Kier molecular flexibility index (Phi) is 6.36. The minimum atomic E-state index is -1.15. The van der Waals surface area contributed by atoms with E-state index in [-0.39, 0.29) is 12.1 Å². The van der Waals surface area contributed by atoms with Crippen LogP contribution in [0, 0.1) is 0 Å². The molecule has 5 heterocycles. The highest BCUT2D eigenvalue weighted by atomic mass is 28.3. The quantitative estimate of drug-likeness (QED) is 0.384. The van der Waals surface area contributed by atoms with Crippen molar-refractivity contribution < 1.29 is 14.6 Å². The van der Waals surface area contributed by atoms with Gasteiger partial charge in [0.05, 0.1) is 48.8 Å². The molecule has 34 heavy (non-hydrogen) atoms. The van der Waals surface area contributed by atoms with Gasteiger partial charge in [0, 0.05) is 46.4 Å². The number of hydrogen-bond acceptors (Lipinski definition) is 8. The van der Waals surface area contributed by atoms with Crippen LogP contribution in [0.1, 0.15) is 6.92 Å². The Morgan fingerprint density at radius 2 is 2.06 bits per heavy atom. The van der Waals surface area contributed by atoms with Crippen LogP contribution in [0.25, 0.3) is 16.9 Å². The molecule has 11 heteroatoms. The topological polar surface area (TPSA) is 93.7 Å². The molecule has 0 radical (unpaired) electrons. The normalized spacial score (nSPS) is 19.7. The second kappa shape index (κ2) is 9.29. The first kappa shape index (κ1) is 23.3. The first-order valence-electron chi connectivity index (χ1n) is 12.1. The molecule has 0 amide bonds. The molecule has 10 nitrogen and oxygen atoms in total. The van der Waals surface area contributed by atoms with Gasteiger partial charge in [-0.05, 0) is 13.0 Å². The smallest absolute Gasteiger partial charge is 0.169 e. The highest BCUT2D eigenvalue weighted by Crippen LogP contribution is 2.34. The summed E-state index contributed by atoms with van der Waals surface area (Å²) in [6.07, 6.45) is 3.34. The molecule has 3 aromatic rings. The molecule has 0 spiro atoms. The van der Waals surface area contributed by atoms with Crippen LogP contribution < -0.4 is 9.80 Å². The largest absolute Gasteiger partial charge is 0.389 e. The maximum atomic E-state index is 9.93. The number of rotatable bonds is 8. The van der Waals surface area contributed by atoms with E-state index in [4.69, 9.17) is 19.6 Å². The summed E-state index contributed by atoms with van der Waals surface area (Å²) in [5.41, 5.74) is 1.82. The van der Waals surface area contributed by atoms with Crippen molar-refractivity contribution in [1.29, 1.82) is 0 Å². The number of aliphatic hydroxyl groups is 1. The van der Waals surface area contributed by atoms with E-state index >= 15 is 0 Å². The molecule has 2 fully saturated rings. The second-order valence-electron chi connectivity index (χ2n) is 10.5. The average Bonchev–Trinajstić information content (AvgIpc) is 3.40. The van der Waals surface area contributed by atoms with Gasteiger partial charge in [0.15, 0.2) is 11.5 Å². The van der Waals surface area contributed by atoms with Gasteiger partial charge in [0.25, 0.3) is 0 Å². The van der Waals surface area contributed by atoms with Gasteiger partial charge in [-0.1, -0.05) is 19.6 Å². The van der Waals surface area contributed by atoms with Crippen molar-refractivity contribution in [2.75, 3.05) is 49.3 Å². The number of fused-ring (bicyclic) bond motifs is 1. The Morgan fingerprint density at radius 1 is 1.24 bits per heavy atom. The van der Waals surface area contributed by atoms with Crippen molar-refractivity contribution in [2.45, 2.75) is 51.5 Å². The number of nitrogens with zero attached hydrogens (tertiary/aromatic N) is 7. The van der Waals surface area contributed by atoms with Gasteiger partial charge in [-0.3, -0.25) is 0 Å². The van der Waals surface area contributed by atoms with Gasteiger partial charge in [-0.25, -0.2) is 9.67 Å². The van der Waals surface area contributed by atoms with Gasteiger partial charge >= 0.3 is 0 Å². The second-order valence-corrected chi connectivity index (χ2v) is 16.1. The summed E-state index contributed by atoms with van der Waals surface area (Å²) >= 11 is 0. The molecule has 1 N–H and O–H groups in total. The lowest BCUT2D eigenvalue weighted by Crippen LogP contribution is -2.51. The van der Waals surface area contributed by atoms with E-state index in [0.717, 1.165) is 47.6 Å². The summed E-state index contributed by atoms with van der Waals surface area (Å²) in [6.45, 7) is 13.7. The van der Waals surface area contributed by atoms with Gasteiger partial charge in [-0.2, -0.15) is 14.9 Å². The summed E-state index contributed by atoms with van der Waals surface area (Å²) in [5.74, 6) is 1.72. The maximum Gasteiger partial charge on any atom is 0.169 e. The van der Waals surface area contributed by atoms with Crippen molar-refractivity contribution in [3.05, 3.63) is 24.5 Å². The number of aromatic nitrogens is 5. The van der Waals surface area contributed by atoms with Crippen LogP contribution in [0.15, 0.2) is 24.5 Å². The lowest BCUT2D eigenvalue weighted by Gasteiger charge is -2.39. The monoisotopic (exact) mass is 485 g/mol. The lowest BCUT2D eigenvalue weighted by molar-refractivity contribution is 0.0782. The van der Waals surface area contributed by atoms with Crippen LogP contribution in [0.2, 0.25) is 25.7 Å². The highest BCUT2D eigenvalue weighted by Gasteiger charge is 2.30. The molecule has 184 valence electrons. The van der Waals surface area contributed by atoms with Crippen LogP contribution in [-0.4, -0.2) is 89.3 Å². The predicted molar refractivity (Wildman–Crippen MR) is 135 cm³/mol. The predicted octanol–water partition coefficient (Wildman–Crippen LogP) is 2.34. The summed E-state index contributed by atoms with van der Waals surface area (Å²) in [5, 5.41) is 20.1. The zero-order chi connectivity index (χ0) is 23.9. The van der Waals surface area contributed by atoms with Crippen molar-refractivity contribution >= 4 is 30.6 Å². The molecule has 3 aromatic heterocycles. The van der Waals surface area contributed by atoms with E-state index in [9.17, 15) is 5.11 Å². The lowest BCUT2D eigenvalue weighted by atomic mass is 10.1. The molecule has 1 unspecified atom stereocenters. The van der Waals surface area contributed by atoms with Crippen LogP contribution in [0.4, 0.5) is 11.5 Å². The third-order valence-corrected chi connectivity index (χ3v) is 8.20. The van der Waals surface area contributed by atoms with Gasteiger partial charge < -0.3 is 24.4 Å². The summed E-state index contributed by atoms with van der Waals surface area (Å²) < 4.78 is 15.3. The van der Waals surface area contributed by atoms with E-state index in [2.05, 4.69) is 47.5 Å². The van der Waals surface area contributed by atoms with E-state index in [1.54, 1.807) is 6.20 Å². The van der Waals surface area contributed by atoms with Crippen LogP contribution >= 0.6 is 0 Å². The first-order chi connectivity index (χ1) is 16.3. The molecular formula is C23H35N7O3Si. The Balaban J connectivity index is 1.49. The van der Waals surface area contributed by atoms with Crippen LogP contribution in [-0.2, 0) is 16.2 Å². The number of ether oxygens (including phenoxy) is 2. The minimum Gasteiger partial charge on any atom is -0.389 e. The summed E-state index contributed by atoms with van der Waals surface area (Å²) in [4.78, 5) is 9.54. The summed E-state index contributed by atoms with van der Waals surface area (Å²) in [6, 6.07) is 5.41. The van der Waals surface area contributed by atoms with Crippen molar-refractivity contribution in [1.82, 2.24) is 24.5 Å². The zero-order valence-electron chi connectivity index (χ0n) is 20.5. The van der Waals surface area contributed by atoms with E-state index < -0.39 is 8.07 Å². The first-order valence-corrected chi connectivity index (χ1v) is 15.8. The third kappa shape index (κ3) is 4.70. The van der Waals surface area contributed by atoms with Crippen molar-refractivity contribution in [3.63, 3.8) is 0 Å². The van der Waals surface area contributed by atoms with Gasteiger partial charge in [0.1, 0.15) is 12.5 Å². The number of anilines is 2. The SMILES string of the molecule is CC1COCCN1c1cc(N2CC(O)C2)c2cnn(-c3ccnn3COCC[Si](C)(C)C)c2n1. The Labute approximate surface area is 201 Å². The highest BCUT2D eigenvalue weighted by molar-refractivity contribution is 6.76. The van der Waals surface area contributed by atoms with E-state index in [0.29, 0.717) is 33.0 Å². The molecule has 0 saturated carbocycles. The number of β-amino-alcohol motifs (C(OH)–C–C–N with tert-alkyl or cyclic N) is 1. The minimum absolute atomic E-state index is 0.232. The average molecular weight is 486 g/mol. The Hall–Kier alpha value is -2.47. The van der Waals surface area contributed by atoms with Crippen molar-refractivity contribution in [2.24, 2.45) is 0 Å². The molecule has 5 rings (SSSR count). The van der Waals surface area contributed by atoms with Gasteiger partial charge in [0.2, 0.25) is 0 Å². The number of pyridine rings is 1. The van der Waals surface area contributed by atoms with E-state index in [1.165, 1.54) is 0 Å². The molecule has 0 aromatic carbocycles. The molecule has 0 aliphatic carbocycles. The molecule has 1 atom stereocenters. The third-order valence-electron chi connectivity index (χ3n) is 6.49. The molecular weight excluding hydrogens is 450 g/mol. The number of hydrogen-bond donors (Lipinski definition) is 1. The standard InChI is InChI=1S/C23H35N7O3Si/c1-17-15-32-8-7-28(17)21-11-20(27-13-18(31)14-27)19-12-25-30(23(19)26-21)22-5-6-24-29(22)16-33-9-10-34(2,3)4/h5-6,11-12,17-18,31H,7-10,13-16H2,1-4H3. The Bertz CT molecular complexity index is 1140. The number of aliphatic hydroxyl groups excluding tert-OH is 1. The molecule has 2 saturated heterocycles. The fourth-order valence-corrected chi connectivity index (χ4v) is 5.16. The Morgan fingerprint density at radius 3 is 2.79 bits per heavy atom.